The summed E-state index contributed by atoms with van der Waals surface area (Å²) in [4.78, 5) is 2.29. The number of rotatable bonds is 5. The van der Waals surface area contributed by atoms with Gasteiger partial charge in [-0.3, -0.25) is 4.90 Å². The lowest BCUT2D eigenvalue weighted by molar-refractivity contribution is 0.0252. The van der Waals surface area contributed by atoms with Gasteiger partial charge >= 0.3 is 0 Å². The standard InChI is InChI=1S/C20H21ClN4O/c1-15-5-4-6-16(11-15)12-24-9-10-26-20(24)19-14-25(23-22-19)13-17-7-2-3-8-18(17)21/h2-8,11,14,20H,9-10,12-13H2,1H3/t20-/m0/s1. The first-order valence-corrected chi connectivity index (χ1v) is 9.11. The van der Waals surface area contributed by atoms with Gasteiger partial charge in [0.2, 0.25) is 0 Å². The molecule has 0 saturated carbocycles. The first-order chi connectivity index (χ1) is 12.7. The summed E-state index contributed by atoms with van der Waals surface area (Å²) >= 11 is 6.24. The monoisotopic (exact) mass is 368 g/mol. The van der Waals surface area contributed by atoms with Crippen LogP contribution in [0.25, 0.3) is 0 Å². The molecule has 5 nitrogen and oxygen atoms in total. The van der Waals surface area contributed by atoms with E-state index in [0.29, 0.717) is 13.2 Å². The van der Waals surface area contributed by atoms with Gasteiger partial charge in [-0.15, -0.1) is 5.10 Å². The van der Waals surface area contributed by atoms with E-state index in [9.17, 15) is 0 Å². The average Bonchev–Trinajstić information content (AvgIpc) is 3.26. The van der Waals surface area contributed by atoms with Crippen LogP contribution in [0.3, 0.4) is 0 Å². The number of hydrogen-bond acceptors (Lipinski definition) is 4. The average molecular weight is 369 g/mol. The lowest BCUT2D eigenvalue weighted by atomic mass is 10.1. The zero-order chi connectivity index (χ0) is 17.9. The SMILES string of the molecule is Cc1cccc(CN2CCO[C@H]2c2cn(Cc3ccccc3Cl)nn2)c1. The third-order valence-electron chi connectivity index (χ3n) is 4.55. The molecular weight excluding hydrogens is 348 g/mol. The van der Waals surface area contributed by atoms with Gasteiger partial charge < -0.3 is 4.74 Å². The fourth-order valence-corrected chi connectivity index (χ4v) is 3.48. The number of ether oxygens (including phenoxy) is 1. The predicted octanol–water partition coefficient (Wildman–Crippen LogP) is 3.82. The first kappa shape index (κ1) is 17.2. The Balaban J connectivity index is 1.48. The van der Waals surface area contributed by atoms with Crippen molar-refractivity contribution < 1.29 is 4.74 Å². The second kappa shape index (κ2) is 7.58. The summed E-state index contributed by atoms with van der Waals surface area (Å²) < 4.78 is 7.73. The van der Waals surface area contributed by atoms with Gasteiger partial charge in [0.15, 0.2) is 6.23 Å². The second-order valence-electron chi connectivity index (χ2n) is 6.62. The van der Waals surface area contributed by atoms with Gasteiger partial charge in [-0.2, -0.15) is 0 Å². The molecule has 1 saturated heterocycles. The van der Waals surface area contributed by atoms with Crippen LogP contribution in [0.4, 0.5) is 0 Å². The molecule has 2 aromatic carbocycles. The molecule has 4 rings (SSSR count). The molecule has 0 spiro atoms. The quantitative estimate of drug-likeness (QED) is 0.686. The van der Waals surface area contributed by atoms with E-state index in [1.807, 2.05) is 35.1 Å². The molecule has 1 aliphatic heterocycles. The van der Waals surface area contributed by atoms with Crippen LogP contribution >= 0.6 is 11.6 Å². The van der Waals surface area contributed by atoms with Gasteiger partial charge in [0.05, 0.1) is 19.3 Å². The Morgan fingerprint density at radius 2 is 2.04 bits per heavy atom. The minimum atomic E-state index is -0.157. The maximum atomic E-state index is 6.24. The highest BCUT2D eigenvalue weighted by Crippen LogP contribution is 2.27. The minimum Gasteiger partial charge on any atom is -0.356 e. The maximum absolute atomic E-state index is 6.24. The third kappa shape index (κ3) is 3.80. The van der Waals surface area contributed by atoms with Gasteiger partial charge in [-0.25, -0.2) is 4.68 Å². The fourth-order valence-electron chi connectivity index (χ4n) is 3.29. The van der Waals surface area contributed by atoms with Crippen LogP contribution in [0.2, 0.25) is 5.02 Å². The van der Waals surface area contributed by atoms with Crippen LogP contribution in [0, 0.1) is 6.92 Å². The molecule has 6 heteroatoms. The molecule has 1 aromatic heterocycles. The molecule has 2 heterocycles. The van der Waals surface area contributed by atoms with E-state index in [1.165, 1.54) is 11.1 Å². The smallest absolute Gasteiger partial charge is 0.157 e. The van der Waals surface area contributed by atoms with E-state index >= 15 is 0 Å². The molecule has 0 amide bonds. The van der Waals surface area contributed by atoms with Crippen LogP contribution in [0.1, 0.15) is 28.6 Å². The van der Waals surface area contributed by atoms with Crippen molar-refractivity contribution in [2.45, 2.75) is 26.2 Å². The summed E-state index contributed by atoms with van der Waals surface area (Å²) in [6, 6.07) is 16.4. The Bertz CT molecular complexity index is 895. The lowest BCUT2D eigenvalue weighted by Gasteiger charge is -2.21. The summed E-state index contributed by atoms with van der Waals surface area (Å²) in [5.41, 5.74) is 4.41. The second-order valence-corrected chi connectivity index (χ2v) is 7.02. The van der Waals surface area contributed by atoms with E-state index in [1.54, 1.807) is 0 Å². The van der Waals surface area contributed by atoms with Crippen molar-refractivity contribution in [3.8, 4) is 0 Å². The lowest BCUT2D eigenvalue weighted by Crippen LogP contribution is -2.23. The van der Waals surface area contributed by atoms with Crippen molar-refractivity contribution in [1.82, 2.24) is 19.9 Å². The Kier molecular flexibility index (Phi) is 5.02. The summed E-state index contributed by atoms with van der Waals surface area (Å²) in [6.07, 6.45) is 1.79. The maximum Gasteiger partial charge on any atom is 0.157 e. The van der Waals surface area contributed by atoms with Crippen molar-refractivity contribution in [3.05, 3.63) is 82.1 Å². The molecule has 0 unspecified atom stereocenters. The van der Waals surface area contributed by atoms with Gasteiger partial charge in [0.1, 0.15) is 5.69 Å². The molecule has 134 valence electrons. The zero-order valence-electron chi connectivity index (χ0n) is 14.7. The normalized spacial score (nSPS) is 17.7. The molecule has 3 aromatic rings. The van der Waals surface area contributed by atoms with E-state index in [2.05, 4.69) is 46.4 Å². The molecule has 1 atom stereocenters. The summed E-state index contributed by atoms with van der Waals surface area (Å²) in [5.74, 6) is 0. The van der Waals surface area contributed by atoms with Crippen molar-refractivity contribution in [2.24, 2.45) is 0 Å². The van der Waals surface area contributed by atoms with Gasteiger partial charge in [0, 0.05) is 18.1 Å². The van der Waals surface area contributed by atoms with Crippen molar-refractivity contribution in [3.63, 3.8) is 0 Å². The van der Waals surface area contributed by atoms with E-state index < -0.39 is 0 Å². The van der Waals surface area contributed by atoms with Gasteiger partial charge in [-0.05, 0) is 24.1 Å². The summed E-state index contributed by atoms with van der Waals surface area (Å²) in [5, 5.41) is 9.33. The summed E-state index contributed by atoms with van der Waals surface area (Å²) in [7, 11) is 0. The Morgan fingerprint density at radius 3 is 2.88 bits per heavy atom. The van der Waals surface area contributed by atoms with E-state index in [4.69, 9.17) is 16.3 Å². The number of aryl methyl sites for hydroxylation is 1. The molecule has 1 aliphatic rings. The number of halogens is 1. The molecule has 0 bridgehead atoms. The predicted molar refractivity (Wildman–Crippen MR) is 101 cm³/mol. The Morgan fingerprint density at radius 1 is 1.15 bits per heavy atom. The van der Waals surface area contributed by atoms with Crippen LogP contribution < -0.4 is 0 Å². The molecule has 0 aliphatic carbocycles. The van der Waals surface area contributed by atoms with Crippen LogP contribution in [0.5, 0.6) is 0 Å². The van der Waals surface area contributed by atoms with Crippen molar-refractivity contribution >= 4 is 11.6 Å². The zero-order valence-corrected chi connectivity index (χ0v) is 15.4. The molecule has 1 fully saturated rings. The van der Waals surface area contributed by atoms with Crippen molar-refractivity contribution in [2.75, 3.05) is 13.2 Å². The van der Waals surface area contributed by atoms with E-state index in [0.717, 1.165) is 29.4 Å². The Hall–Kier alpha value is -2.21. The highest BCUT2D eigenvalue weighted by Gasteiger charge is 2.29. The largest absolute Gasteiger partial charge is 0.356 e. The van der Waals surface area contributed by atoms with Crippen LogP contribution in [0.15, 0.2) is 54.7 Å². The number of aromatic nitrogens is 3. The van der Waals surface area contributed by atoms with E-state index in [-0.39, 0.29) is 6.23 Å². The van der Waals surface area contributed by atoms with Crippen LogP contribution in [-0.4, -0.2) is 33.0 Å². The number of benzene rings is 2. The fraction of sp³-hybridized carbons (Fsp3) is 0.300. The van der Waals surface area contributed by atoms with Crippen LogP contribution in [-0.2, 0) is 17.8 Å². The van der Waals surface area contributed by atoms with Gasteiger partial charge in [0.25, 0.3) is 0 Å². The Labute approximate surface area is 158 Å². The minimum absolute atomic E-state index is 0.157. The highest BCUT2D eigenvalue weighted by atomic mass is 35.5. The molecule has 0 radical (unpaired) electrons. The third-order valence-corrected chi connectivity index (χ3v) is 4.92. The number of nitrogens with zero attached hydrogens (tertiary/aromatic N) is 4. The highest BCUT2D eigenvalue weighted by molar-refractivity contribution is 6.31. The number of hydrogen-bond donors (Lipinski definition) is 0. The topological polar surface area (TPSA) is 43.2 Å². The molecular formula is C20H21ClN4O. The van der Waals surface area contributed by atoms with Crippen molar-refractivity contribution in [1.29, 1.82) is 0 Å². The first-order valence-electron chi connectivity index (χ1n) is 8.74. The molecule has 26 heavy (non-hydrogen) atoms. The molecule has 0 N–H and O–H groups in total. The van der Waals surface area contributed by atoms with Gasteiger partial charge in [-0.1, -0.05) is 64.8 Å². The summed E-state index contributed by atoms with van der Waals surface area (Å²) in [6.45, 7) is 5.13.